The third-order valence-corrected chi connectivity index (χ3v) is 4.01. The first-order valence-corrected chi connectivity index (χ1v) is 7.81. The number of hydrogen-bond donors (Lipinski definition) is 0. The predicted octanol–water partition coefficient (Wildman–Crippen LogP) is 2.58. The van der Waals surface area contributed by atoms with Crippen molar-refractivity contribution in [3.8, 4) is 0 Å². The van der Waals surface area contributed by atoms with E-state index in [2.05, 4.69) is 56.7 Å². The lowest BCUT2D eigenvalue weighted by molar-refractivity contribution is 0.284. The first-order chi connectivity index (χ1) is 9.08. The standard InChI is InChI=1S/C14H23BrN4/c1-4-13-16-12(15)9-14(17-13)19-7-5-11(6-8-19)10-18(2)3/h9,11H,4-8,10H2,1-3H3. The van der Waals surface area contributed by atoms with Crippen LogP contribution in [0.2, 0.25) is 0 Å². The fourth-order valence-corrected chi connectivity index (χ4v) is 3.04. The third kappa shape index (κ3) is 4.14. The van der Waals surface area contributed by atoms with Gasteiger partial charge in [0.1, 0.15) is 16.2 Å². The van der Waals surface area contributed by atoms with E-state index in [0.29, 0.717) is 0 Å². The van der Waals surface area contributed by atoms with Crippen molar-refractivity contribution in [2.24, 2.45) is 5.92 Å². The lowest BCUT2D eigenvalue weighted by Crippen LogP contribution is -2.37. The Balaban J connectivity index is 1.99. The van der Waals surface area contributed by atoms with Crippen LogP contribution in [0, 0.1) is 5.92 Å². The molecule has 0 radical (unpaired) electrons. The number of nitrogens with zero attached hydrogens (tertiary/aromatic N) is 4. The van der Waals surface area contributed by atoms with Crippen molar-refractivity contribution in [3.05, 3.63) is 16.5 Å². The van der Waals surface area contributed by atoms with Crippen LogP contribution in [0.1, 0.15) is 25.6 Å². The Morgan fingerprint density at radius 1 is 1.32 bits per heavy atom. The van der Waals surface area contributed by atoms with Gasteiger partial charge in [-0.05, 0) is 48.8 Å². The maximum Gasteiger partial charge on any atom is 0.133 e. The Morgan fingerprint density at radius 2 is 2.00 bits per heavy atom. The molecule has 1 aromatic heterocycles. The van der Waals surface area contributed by atoms with Crippen LogP contribution in [0.25, 0.3) is 0 Å². The zero-order valence-electron chi connectivity index (χ0n) is 12.1. The molecule has 2 heterocycles. The molecule has 1 aromatic rings. The fraction of sp³-hybridized carbons (Fsp3) is 0.714. The second-order valence-corrected chi connectivity index (χ2v) is 6.32. The highest BCUT2D eigenvalue weighted by molar-refractivity contribution is 9.10. The number of rotatable bonds is 4. The molecule has 1 fully saturated rings. The van der Waals surface area contributed by atoms with Gasteiger partial charge < -0.3 is 9.80 Å². The molecule has 5 heteroatoms. The summed E-state index contributed by atoms with van der Waals surface area (Å²) in [6.45, 7) is 5.49. The molecule has 1 aliphatic rings. The number of anilines is 1. The number of aromatic nitrogens is 2. The number of halogens is 1. The molecule has 0 unspecified atom stereocenters. The average molecular weight is 327 g/mol. The molecular weight excluding hydrogens is 304 g/mol. The number of piperidine rings is 1. The first-order valence-electron chi connectivity index (χ1n) is 7.01. The smallest absolute Gasteiger partial charge is 0.133 e. The molecule has 0 aliphatic carbocycles. The van der Waals surface area contributed by atoms with Crippen molar-refractivity contribution in [2.45, 2.75) is 26.2 Å². The van der Waals surface area contributed by atoms with E-state index in [1.807, 2.05) is 6.07 Å². The van der Waals surface area contributed by atoms with Crippen LogP contribution >= 0.6 is 15.9 Å². The van der Waals surface area contributed by atoms with Crippen LogP contribution in [0.4, 0.5) is 5.82 Å². The largest absolute Gasteiger partial charge is 0.356 e. The summed E-state index contributed by atoms with van der Waals surface area (Å²) in [4.78, 5) is 13.7. The molecule has 2 rings (SSSR count). The second kappa shape index (κ2) is 6.66. The van der Waals surface area contributed by atoms with Gasteiger partial charge >= 0.3 is 0 Å². The maximum atomic E-state index is 4.64. The molecule has 19 heavy (non-hydrogen) atoms. The molecule has 0 aromatic carbocycles. The van der Waals surface area contributed by atoms with Gasteiger partial charge in [0, 0.05) is 32.1 Å². The van der Waals surface area contributed by atoms with Crippen molar-refractivity contribution in [3.63, 3.8) is 0 Å². The third-order valence-electron chi connectivity index (χ3n) is 3.61. The minimum atomic E-state index is 0.821. The first kappa shape index (κ1) is 14.7. The summed E-state index contributed by atoms with van der Waals surface area (Å²) in [6, 6.07) is 2.03. The summed E-state index contributed by atoms with van der Waals surface area (Å²) in [6.07, 6.45) is 3.38. The summed E-state index contributed by atoms with van der Waals surface area (Å²) in [5.41, 5.74) is 0. The van der Waals surface area contributed by atoms with Crippen molar-refractivity contribution in [2.75, 3.05) is 38.6 Å². The van der Waals surface area contributed by atoms with Gasteiger partial charge in [0.25, 0.3) is 0 Å². The molecule has 0 atom stereocenters. The quantitative estimate of drug-likeness (QED) is 0.796. The molecule has 0 bridgehead atoms. The van der Waals surface area contributed by atoms with Crippen molar-refractivity contribution in [1.82, 2.24) is 14.9 Å². The lowest BCUT2D eigenvalue weighted by Gasteiger charge is -2.34. The normalized spacial score (nSPS) is 17.2. The highest BCUT2D eigenvalue weighted by Crippen LogP contribution is 2.24. The van der Waals surface area contributed by atoms with Crippen LogP contribution < -0.4 is 4.90 Å². The van der Waals surface area contributed by atoms with Crippen LogP contribution in [-0.2, 0) is 6.42 Å². The van der Waals surface area contributed by atoms with Crippen molar-refractivity contribution >= 4 is 21.7 Å². The monoisotopic (exact) mass is 326 g/mol. The Labute approximate surface area is 124 Å². The molecular formula is C14H23BrN4. The summed E-state index contributed by atoms with van der Waals surface area (Å²) in [5.74, 6) is 2.81. The zero-order valence-corrected chi connectivity index (χ0v) is 13.7. The van der Waals surface area contributed by atoms with Gasteiger partial charge in [-0.15, -0.1) is 0 Å². The Morgan fingerprint density at radius 3 is 2.58 bits per heavy atom. The van der Waals surface area contributed by atoms with E-state index >= 15 is 0 Å². The summed E-state index contributed by atoms with van der Waals surface area (Å²) >= 11 is 3.48. The lowest BCUT2D eigenvalue weighted by atomic mass is 9.96. The highest BCUT2D eigenvalue weighted by atomic mass is 79.9. The van der Waals surface area contributed by atoms with E-state index in [-0.39, 0.29) is 0 Å². The van der Waals surface area contributed by atoms with E-state index in [9.17, 15) is 0 Å². The van der Waals surface area contributed by atoms with Crippen molar-refractivity contribution < 1.29 is 0 Å². The van der Waals surface area contributed by atoms with Gasteiger partial charge in [-0.3, -0.25) is 0 Å². The SMILES string of the molecule is CCc1nc(Br)cc(N2CCC(CN(C)C)CC2)n1. The summed E-state index contributed by atoms with van der Waals surface area (Å²) in [7, 11) is 4.31. The molecule has 106 valence electrons. The van der Waals surface area contributed by atoms with E-state index in [4.69, 9.17) is 0 Å². The molecule has 0 amide bonds. The number of aryl methyl sites for hydroxylation is 1. The van der Waals surface area contributed by atoms with Crippen LogP contribution in [0.5, 0.6) is 0 Å². The minimum Gasteiger partial charge on any atom is -0.356 e. The molecule has 1 saturated heterocycles. The minimum absolute atomic E-state index is 0.821. The van der Waals surface area contributed by atoms with Crippen LogP contribution in [-0.4, -0.2) is 48.6 Å². The van der Waals surface area contributed by atoms with Crippen LogP contribution in [0.3, 0.4) is 0 Å². The molecule has 1 aliphatic heterocycles. The van der Waals surface area contributed by atoms with E-state index in [0.717, 1.165) is 41.7 Å². The van der Waals surface area contributed by atoms with E-state index in [1.165, 1.54) is 19.4 Å². The second-order valence-electron chi connectivity index (χ2n) is 5.51. The van der Waals surface area contributed by atoms with E-state index < -0.39 is 0 Å². The fourth-order valence-electron chi connectivity index (χ4n) is 2.63. The molecule has 0 spiro atoms. The summed E-state index contributed by atoms with van der Waals surface area (Å²) in [5, 5.41) is 0. The number of hydrogen-bond acceptors (Lipinski definition) is 4. The van der Waals surface area contributed by atoms with Crippen molar-refractivity contribution in [1.29, 1.82) is 0 Å². The highest BCUT2D eigenvalue weighted by Gasteiger charge is 2.21. The topological polar surface area (TPSA) is 32.3 Å². The van der Waals surface area contributed by atoms with Gasteiger partial charge in [-0.1, -0.05) is 6.92 Å². The van der Waals surface area contributed by atoms with Crippen LogP contribution in [0.15, 0.2) is 10.7 Å². The zero-order chi connectivity index (χ0) is 13.8. The molecule has 0 N–H and O–H groups in total. The molecule has 4 nitrogen and oxygen atoms in total. The van der Waals surface area contributed by atoms with Gasteiger partial charge in [-0.2, -0.15) is 0 Å². The average Bonchev–Trinajstić information content (AvgIpc) is 2.38. The Kier molecular flexibility index (Phi) is 5.16. The Bertz CT molecular complexity index is 414. The Hall–Kier alpha value is -0.680. The van der Waals surface area contributed by atoms with Gasteiger partial charge in [0.05, 0.1) is 0 Å². The van der Waals surface area contributed by atoms with Gasteiger partial charge in [-0.25, -0.2) is 9.97 Å². The van der Waals surface area contributed by atoms with Gasteiger partial charge in [0.15, 0.2) is 0 Å². The maximum absolute atomic E-state index is 4.64. The molecule has 0 saturated carbocycles. The van der Waals surface area contributed by atoms with E-state index in [1.54, 1.807) is 0 Å². The predicted molar refractivity (Wildman–Crippen MR) is 82.6 cm³/mol. The van der Waals surface area contributed by atoms with Gasteiger partial charge in [0.2, 0.25) is 0 Å². The summed E-state index contributed by atoms with van der Waals surface area (Å²) < 4.78 is 0.893.